The number of rotatable bonds is 7. The number of hydrogen-bond acceptors (Lipinski definition) is 5. The summed E-state index contributed by atoms with van der Waals surface area (Å²) in [5.41, 5.74) is 1.22. The highest BCUT2D eigenvalue weighted by Gasteiger charge is 2.38. The summed E-state index contributed by atoms with van der Waals surface area (Å²) < 4.78 is 5.23. The number of hydrogen-bond donors (Lipinski definition) is 1. The highest BCUT2D eigenvalue weighted by atomic mass is 16.5. The first kappa shape index (κ1) is 21.0. The maximum Gasteiger partial charge on any atom is 0.225 e. The number of carbonyl (C=O) groups is 2. The van der Waals surface area contributed by atoms with Gasteiger partial charge in [-0.1, -0.05) is 12.8 Å². The topological polar surface area (TPSA) is 65.1 Å². The van der Waals surface area contributed by atoms with Gasteiger partial charge in [-0.25, -0.2) is 0 Å². The molecule has 0 radical (unpaired) electrons. The third-order valence-corrected chi connectivity index (χ3v) is 6.83. The number of methoxy groups -OCH3 is 1. The van der Waals surface area contributed by atoms with E-state index in [0.717, 1.165) is 51.3 Å². The van der Waals surface area contributed by atoms with Crippen molar-refractivity contribution in [2.75, 3.05) is 57.8 Å². The van der Waals surface area contributed by atoms with Gasteiger partial charge in [-0.3, -0.25) is 14.5 Å². The molecule has 2 heterocycles. The minimum Gasteiger partial charge on any atom is -0.497 e. The molecule has 164 valence electrons. The Bertz CT molecular complexity index is 724. The van der Waals surface area contributed by atoms with Crippen LogP contribution in [-0.2, 0) is 9.59 Å². The van der Waals surface area contributed by atoms with Crippen LogP contribution in [0.1, 0.15) is 32.1 Å². The molecule has 7 nitrogen and oxygen atoms in total. The fourth-order valence-corrected chi connectivity index (χ4v) is 4.98. The van der Waals surface area contributed by atoms with Crippen LogP contribution >= 0.6 is 0 Å². The first-order valence-electron chi connectivity index (χ1n) is 11.3. The number of anilines is 1. The molecular weight excluding hydrogens is 380 g/mol. The monoisotopic (exact) mass is 414 g/mol. The van der Waals surface area contributed by atoms with E-state index in [1.807, 2.05) is 17.0 Å². The van der Waals surface area contributed by atoms with Gasteiger partial charge in [-0.15, -0.1) is 0 Å². The van der Waals surface area contributed by atoms with Crippen molar-refractivity contribution < 1.29 is 14.3 Å². The molecule has 1 aromatic rings. The molecule has 1 aliphatic carbocycles. The smallest absolute Gasteiger partial charge is 0.225 e. The van der Waals surface area contributed by atoms with Crippen LogP contribution in [0.2, 0.25) is 0 Å². The lowest BCUT2D eigenvalue weighted by atomic mass is 10.1. The molecule has 3 aliphatic rings. The van der Waals surface area contributed by atoms with Crippen molar-refractivity contribution >= 4 is 17.5 Å². The van der Waals surface area contributed by atoms with Crippen LogP contribution in [-0.4, -0.2) is 80.6 Å². The van der Waals surface area contributed by atoms with Crippen LogP contribution in [0.15, 0.2) is 24.3 Å². The van der Waals surface area contributed by atoms with Crippen LogP contribution in [0, 0.1) is 5.92 Å². The summed E-state index contributed by atoms with van der Waals surface area (Å²) in [7, 11) is 1.68. The minimum atomic E-state index is -0.176. The maximum atomic E-state index is 12.6. The number of nitrogens with zero attached hydrogens (tertiary/aromatic N) is 3. The van der Waals surface area contributed by atoms with E-state index >= 15 is 0 Å². The van der Waals surface area contributed by atoms with Gasteiger partial charge in [0, 0.05) is 64.0 Å². The average molecular weight is 415 g/mol. The second kappa shape index (κ2) is 9.69. The third-order valence-electron chi connectivity index (χ3n) is 6.83. The van der Waals surface area contributed by atoms with Gasteiger partial charge in [-0.2, -0.15) is 0 Å². The van der Waals surface area contributed by atoms with Crippen molar-refractivity contribution in [2.24, 2.45) is 5.92 Å². The fraction of sp³-hybridized carbons (Fsp3) is 0.652. The zero-order valence-corrected chi connectivity index (χ0v) is 18.0. The highest BCUT2D eigenvalue weighted by molar-refractivity contribution is 5.89. The molecular formula is C23H34N4O3. The van der Waals surface area contributed by atoms with Crippen molar-refractivity contribution in [1.82, 2.24) is 15.1 Å². The molecule has 0 bridgehead atoms. The van der Waals surface area contributed by atoms with Crippen molar-refractivity contribution in [3.8, 4) is 5.75 Å². The summed E-state index contributed by atoms with van der Waals surface area (Å²) in [5.74, 6) is 0.908. The molecule has 2 saturated heterocycles. The second-order valence-corrected chi connectivity index (χ2v) is 8.70. The number of carbonyl (C=O) groups excluding carboxylic acids is 2. The summed E-state index contributed by atoms with van der Waals surface area (Å²) in [6.07, 6.45) is 4.99. The molecule has 4 rings (SSSR count). The van der Waals surface area contributed by atoms with Crippen LogP contribution < -0.4 is 15.0 Å². The number of nitrogens with one attached hydrogen (secondary N) is 1. The number of piperazine rings is 1. The predicted molar refractivity (Wildman–Crippen MR) is 117 cm³/mol. The molecule has 1 aromatic carbocycles. The van der Waals surface area contributed by atoms with Gasteiger partial charge < -0.3 is 19.9 Å². The number of ether oxygens (including phenoxy) is 1. The van der Waals surface area contributed by atoms with Crippen molar-refractivity contribution in [1.29, 1.82) is 0 Å². The molecule has 30 heavy (non-hydrogen) atoms. The first-order chi connectivity index (χ1) is 14.6. The van der Waals surface area contributed by atoms with Gasteiger partial charge in [-0.05, 0) is 37.1 Å². The molecule has 1 atom stereocenters. The lowest BCUT2D eigenvalue weighted by molar-refractivity contribution is -0.130. The summed E-state index contributed by atoms with van der Waals surface area (Å²) >= 11 is 0. The molecule has 7 heteroatoms. The van der Waals surface area contributed by atoms with Gasteiger partial charge in [0.15, 0.2) is 0 Å². The van der Waals surface area contributed by atoms with Crippen molar-refractivity contribution in [3.63, 3.8) is 0 Å². The standard InChI is InChI=1S/C23H34N4O3/c1-30-21-8-6-19(7-9-21)26-14-12-25(13-15-26)11-10-24-23(29)18-16-22(28)27(17-18)20-4-2-3-5-20/h6-9,18,20H,2-5,10-17H2,1H3,(H,24,29)/t18-/m1/s1. The summed E-state index contributed by atoms with van der Waals surface area (Å²) in [6, 6.07) is 8.58. The third kappa shape index (κ3) is 4.89. The summed E-state index contributed by atoms with van der Waals surface area (Å²) in [4.78, 5) is 31.6. The lowest BCUT2D eigenvalue weighted by Crippen LogP contribution is -2.48. The Morgan fingerprint density at radius 2 is 1.80 bits per heavy atom. The van der Waals surface area contributed by atoms with E-state index in [0.29, 0.717) is 25.6 Å². The largest absolute Gasteiger partial charge is 0.497 e. The van der Waals surface area contributed by atoms with E-state index < -0.39 is 0 Å². The Morgan fingerprint density at radius 3 is 2.47 bits per heavy atom. The Hall–Kier alpha value is -2.28. The average Bonchev–Trinajstić information content (AvgIpc) is 3.44. The second-order valence-electron chi connectivity index (χ2n) is 8.70. The van der Waals surface area contributed by atoms with E-state index in [4.69, 9.17) is 4.74 Å². The van der Waals surface area contributed by atoms with E-state index in [1.54, 1.807) is 7.11 Å². The number of likely N-dealkylation sites (tertiary alicyclic amines) is 1. The molecule has 0 spiro atoms. The van der Waals surface area contributed by atoms with Crippen LogP contribution in [0.5, 0.6) is 5.75 Å². The van der Waals surface area contributed by atoms with E-state index in [2.05, 4.69) is 27.2 Å². The lowest BCUT2D eigenvalue weighted by Gasteiger charge is -2.36. The van der Waals surface area contributed by atoms with Gasteiger partial charge in [0.25, 0.3) is 0 Å². The van der Waals surface area contributed by atoms with Crippen molar-refractivity contribution in [2.45, 2.75) is 38.1 Å². The quantitative estimate of drug-likeness (QED) is 0.736. The van der Waals surface area contributed by atoms with Crippen LogP contribution in [0.4, 0.5) is 5.69 Å². The Labute approximate surface area is 179 Å². The maximum absolute atomic E-state index is 12.6. The number of amides is 2. The fourth-order valence-electron chi connectivity index (χ4n) is 4.98. The zero-order valence-electron chi connectivity index (χ0n) is 18.0. The SMILES string of the molecule is COc1ccc(N2CCN(CCNC(=O)[C@@H]3CC(=O)N(C4CCCC4)C3)CC2)cc1. The molecule has 1 saturated carbocycles. The number of benzene rings is 1. The predicted octanol–water partition coefficient (Wildman–Crippen LogP) is 1.72. The van der Waals surface area contributed by atoms with E-state index in [9.17, 15) is 9.59 Å². The van der Waals surface area contributed by atoms with Crippen LogP contribution in [0.25, 0.3) is 0 Å². The first-order valence-corrected chi connectivity index (χ1v) is 11.3. The van der Waals surface area contributed by atoms with Gasteiger partial charge in [0.05, 0.1) is 13.0 Å². The summed E-state index contributed by atoms with van der Waals surface area (Å²) in [5, 5.41) is 3.07. The minimum absolute atomic E-state index is 0.0423. The molecule has 0 unspecified atom stereocenters. The van der Waals surface area contributed by atoms with Crippen molar-refractivity contribution in [3.05, 3.63) is 24.3 Å². The molecule has 2 amide bonds. The Balaban J connectivity index is 1.15. The van der Waals surface area contributed by atoms with Crippen LogP contribution in [0.3, 0.4) is 0 Å². The zero-order chi connectivity index (χ0) is 20.9. The molecule has 2 aliphatic heterocycles. The Morgan fingerprint density at radius 1 is 1.10 bits per heavy atom. The van der Waals surface area contributed by atoms with Gasteiger partial charge in [0.1, 0.15) is 5.75 Å². The van der Waals surface area contributed by atoms with Gasteiger partial charge in [0.2, 0.25) is 11.8 Å². The Kier molecular flexibility index (Phi) is 6.77. The molecule has 3 fully saturated rings. The highest BCUT2D eigenvalue weighted by Crippen LogP contribution is 2.29. The van der Waals surface area contributed by atoms with Gasteiger partial charge >= 0.3 is 0 Å². The molecule has 0 aromatic heterocycles. The van der Waals surface area contributed by atoms with E-state index in [-0.39, 0.29) is 17.7 Å². The summed E-state index contributed by atoms with van der Waals surface area (Å²) in [6.45, 7) is 6.04. The van der Waals surface area contributed by atoms with E-state index in [1.165, 1.54) is 18.5 Å². The normalized spacial score (nSPS) is 23.2. The molecule has 1 N–H and O–H groups in total.